The van der Waals surface area contributed by atoms with E-state index in [0.29, 0.717) is 5.13 Å². The molecule has 3 N–H and O–H groups in total. The topological polar surface area (TPSA) is 104 Å². The molecule has 1 aromatic rings. The van der Waals surface area contributed by atoms with Crippen molar-refractivity contribution in [1.29, 1.82) is 0 Å². The third kappa shape index (κ3) is 5.25. The highest BCUT2D eigenvalue weighted by Gasteiger charge is 2.06. The van der Waals surface area contributed by atoms with E-state index in [2.05, 4.69) is 20.0 Å². The molecule has 1 rings (SSSR count). The molecule has 0 saturated carbocycles. The average Bonchev–Trinajstić information content (AvgIpc) is 2.72. The molecule has 7 nitrogen and oxygen atoms in total. The minimum atomic E-state index is -1.07. The summed E-state index contributed by atoms with van der Waals surface area (Å²) < 4.78 is 4.10. The zero-order valence-electron chi connectivity index (χ0n) is 9.39. The van der Waals surface area contributed by atoms with Crippen LogP contribution < -0.4 is 10.6 Å². The summed E-state index contributed by atoms with van der Waals surface area (Å²) in [6.07, 6.45) is 1.78. The van der Waals surface area contributed by atoms with E-state index in [1.807, 2.05) is 6.92 Å². The van der Waals surface area contributed by atoms with Crippen LogP contribution in [-0.2, 0) is 16.0 Å². The fourth-order valence-corrected chi connectivity index (χ4v) is 1.65. The number of carboxylic acids is 1. The maximum Gasteiger partial charge on any atom is 0.322 e. The van der Waals surface area contributed by atoms with Gasteiger partial charge < -0.3 is 15.7 Å². The summed E-state index contributed by atoms with van der Waals surface area (Å²) in [6.45, 7) is 1.65. The molecule has 0 fully saturated rings. The summed E-state index contributed by atoms with van der Waals surface area (Å²) in [5, 5.41) is 13.9. The number of carboxylic acid groups (broad SMARTS) is 1. The van der Waals surface area contributed by atoms with Crippen LogP contribution in [0.5, 0.6) is 0 Å². The quantitative estimate of drug-likeness (QED) is 0.641. The minimum absolute atomic E-state index is 0.00591. The van der Waals surface area contributed by atoms with E-state index in [0.717, 1.165) is 18.7 Å². The van der Waals surface area contributed by atoms with Crippen LogP contribution in [0.2, 0.25) is 0 Å². The standard InChI is InChI=1S/C9H14N4O3S/c1-2-3-6-12-9(17-13-6)11-4-7(14)10-5-8(15)16/h2-5H2,1H3,(H,10,14)(H,15,16)(H,11,12,13). The molecule has 0 aliphatic carbocycles. The summed E-state index contributed by atoms with van der Waals surface area (Å²) in [5.74, 6) is -0.704. The van der Waals surface area contributed by atoms with E-state index in [9.17, 15) is 9.59 Å². The Bertz CT molecular complexity index is 393. The molecule has 8 heteroatoms. The molecule has 17 heavy (non-hydrogen) atoms. The lowest BCUT2D eigenvalue weighted by Crippen LogP contribution is -2.33. The number of nitrogens with zero attached hydrogens (tertiary/aromatic N) is 2. The molecule has 0 spiro atoms. The van der Waals surface area contributed by atoms with Crippen molar-refractivity contribution in [1.82, 2.24) is 14.7 Å². The normalized spacial score (nSPS) is 9.94. The third-order valence-electron chi connectivity index (χ3n) is 1.78. The molecule has 1 aromatic heterocycles. The number of rotatable bonds is 7. The number of hydrogen-bond donors (Lipinski definition) is 3. The Morgan fingerprint density at radius 2 is 2.18 bits per heavy atom. The van der Waals surface area contributed by atoms with Gasteiger partial charge in [-0.3, -0.25) is 9.59 Å². The highest BCUT2D eigenvalue weighted by atomic mass is 32.1. The molecule has 0 aliphatic rings. The number of aromatic nitrogens is 2. The zero-order valence-corrected chi connectivity index (χ0v) is 10.2. The van der Waals surface area contributed by atoms with Gasteiger partial charge in [0.15, 0.2) is 0 Å². The minimum Gasteiger partial charge on any atom is -0.480 e. The maximum atomic E-state index is 11.2. The molecule has 0 radical (unpaired) electrons. The van der Waals surface area contributed by atoms with Crippen LogP contribution >= 0.6 is 11.5 Å². The first kappa shape index (κ1) is 13.4. The molecule has 0 atom stereocenters. The number of amides is 1. The van der Waals surface area contributed by atoms with Gasteiger partial charge in [-0.05, 0) is 6.42 Å². The molecule has 0 unspecified atom stereocenters. The van der Waals surface area contributed by atoms with Gasteiger partial charge >= 0.3 is 5.97 Å². The number of aliphatic carboxylic acids is 1. The molecule has 0 aromatic carbocycles. The summed E-state index contributed by atoms with van der Waals surface area (Å²) >= 11 is 1.19. The number of nitrogens with one attached hydrogen (secondary N) is 2. The van der Waals surface area contributed by atoms with Gasteiger partial charge in [0.2, 0.25) is 11.0 Å². The van der Waals surface area contributed by atoms with Gasteiger partial charge in [0.1, 0.15) is 12.4 Å². The molecular weight excluding hydrogens is 244 g/mol. The number of hydrogen-bond acceptors (Lipinski definition) is 6. The van der Waals surface area contributed by atoms with E-state index < -0.39 is 5.97 Å². The summed E-state index contributed by atoms with van der Waals surface area (Å²) in [7, 11) is 0. The van der Waals surface area contributed by atoms with Crippen molar-refractivity contribution < 1.29 is 14.7 Å². The number of aryl methyl sites for hydroxylation is 1. The van der Waals surface area contributed by atoms with Gasteiger partial charge in [-0.1, -0.05) is 6.92 Å². The molecule has 0 bridgehead atoms. The van der Waals surface area contributed by atoms with Crippen molar-refractivity contribution in [2.75, 3.05) is 18.4 Å². The zero-order chi connectivity index (χ0) is 12.7. The second-order valence-corrected chi connectivity index (χ2v) is 4.04. The highest BCUT2D eigenvalue weighted by Crippen LogP contribution is 2.11. The number of carbonyl (C=O) groups excluding carboxylic acids is 1. The first-order valence-electron chi connectivity index (χ1n) is 5.16. The SMILES string of the molecule is CCCc1nsc(NCC(=O)NCC(=O)O)n1. The van der Waals surface area contributed by atoms with Crippen LogP contribution in [0, 0.1) is 0 Å². The lowest BCUT2D eigenvalue weighted by molar-refractivity contribution is -0.137. The number of carbonyl (C=O) groups is 2. The lowest BCUT2D eigenvalue weighted by atomic mass is 10.3. The fraction of sp³-hybridized carbons (Fsp3) is 0.556. The van der Waals surface area contributed by atoms with E-state index in [-0.39, 0.29) is 19.0 Å². The largest absolute Gasteiger partial charge is 0.480 e. The van der Waals surface area contributed by atoms with Crippen LogP contribution in [-0.4, -0.2) is 39.4 Å². The first-order valence-corrected chi connectivity index (χ1v) is 5.94. The molecule has 0 aliphatic heterocycles. The highest BCUT2D eigenvalue weighted by molar-refractivity contribution is 7.09. The van der Waals surface area contributed by atoms with Gasteiger partial charge in [0.05, 0.1) is 6.54 Å². The van der Waals surface area contributed by atoms with E-state index in [4.69, 9.17) is 5.11 Å². The molecular formula is C9H14N4O3S. The van der Waals surface area contributed by atoms with Crippen molar-refractivity contribution >= 4 is 28.5 Å². The smallest absolute Gasteiger partial charge is 0.322 e. The van der Waals surface area contributed by atoms with Crippen molar-refractivity contribution in [3.63, 3.8) is 0 Å². The summed E-state index contributed by atoms with van der Waals surface area (Å²) in [5.41, 5.74) is 0. The number of anilines is 1. The predicted molar refractivity (Wildman–Crippen MR) is 63.0 cm³/mol. The fourth-order valence-electron chi connectivity index (χ4n) is 1.04. The van der Waals surface area contributed by atoms with Gasteiger partial charge in [0.25, 0.3) is 0 Å². The summed E-state index contributed by atoms with van der Waals surface area (Å²) in [6, 6.07) is 0. The van der Waals surface area contributed by atoms with E-state index >= 15 is 0 Å². The van der Waals surface area contributed by atoms with Crippen LogP contribution in [0.15, 0.2) is 0 Å². The van der Waals surface area contributed by atoms with Crippen molar-refractivity contribution in [3.8, 4) is 0 Å². The van der Waals surface area contributed by atoms with E-state index in [1.54, 1.807) is 0 Å². The molecule has 94 valence electrons. The Kier molecular flexibility index (Phi) is 5.34. The Labute approximate surface area is 102 Å². The van der Waals surface area contributed by atoms with Crippen LogP contribution in [0.1, 0.15) is 19.2 Å². The Balaban J connectivity index is 2.29. The van der Waals surface area contributed by atoms with Crippen molar-refractivity contribution in [2.45, 2.75) is 19.8 Å². The average molecular weight is 258 g/mol. The van der Waals surface area contributed by atoms with Gasteiger partial charge in [-0.2, -0.15) is 4.37 Å². The summed E-state index contributed by atoms with van der Waals surface area (Å²) in [4.78, 5) is 25.5. The van der Waals surface area contributed by atoms with Crippen molar-refractivity contribution in [2.24, 2.45) is 0 Å². The first-order chi connectivity index (χ1) is 8.11. The monoisotopic (exact) mass is 258 g/mol. The second-order valence-electron chi connectivity index (χ2n) is 3.29. The molecule has 1 amide bonds. The van der Waals surface area contributed by atoms with Gasteiger partial charge in [-0.15, -0.1) is 0 Å². The van der Waals surface area contributed by atoms with Gasteiger partial charge in [0, 0.05) is 18.0 Å². The lowest BCUT2D eigenvalue weighted by Gasteiger charge is -2.02. The Morgan fingerprint density at radius 1 is 1.41 bits per heavy atom. The Morgan fingerprint density at radius 3 is 2.82 bits per heavy atom. The predicted octanol–water partition coefficient (Wildman–Crippen LogP) is 0.103. The molecule has 0 saturated heterocycles. The Hall–Kier alpha value is -1.70. The van der Waals surface area contributed by atoms with Crippen molar-refractivity contribution in [3.05, 3.63) is 5.82 Å². The van der Waals surface area contributed by atoms with Crippen LogP contribution in [0.25, 0.3) is 0 Å². The van der Waals surface area contributed by atoms with Gasteiger partial charge in [-0.25, -0.2) is 4.98 Å². The van der Waals surface area contributed by atoms with Crippen LogP contribution in [0.4, 0.5) is 5.13 Å². The van der Waals surface area contributed by atoms with E-state index in [1.165, 1.54) is 11.5 Å². The molecule has 1 heterocycles. The maximum absolute atomic E-state index is 11.2. The third-order valence-corrected chi connectivity index (χ3v) is 2.49. The second kappa shape index (κ2) is 6.79. The van der Waals surface area contributed by atoms with Crippen LogP contribution in [0.3, 0.4) is 0 Å².